The Morgan fingerprint density at radius 3 is 1.24 bits per heavy atom. The maximum absolute atomic E-state index is 10.6. The lowest BCUT2D eigenvalue weighted by Gasteiger charge is -1.98. The third kappa shape index (κ3) is 11.8. The van der Waals surface area contributed by atoms with Crippen LogP contribution in [0, 0.1) is 0 Å². The topological polar surface area (TPSA) is 86.7 Å². The average Bonchev–Trinajstić information content (AvgIpc) is 2.64. The third-order valence-corrected chi connectivity index (χ3v) is 2.26. The third-order valence-electron chi connectivity index (χ3n) is 2.26. The minimum Gasteiger partial charge on any atom is -0.423 e. The van der Waals surface area contributed by atoms with Crippen molar-refractivity contribution >= 4 is 23.5 Å². The fourth-order valence-electron chi connectivity index (χ4n) is 1.29. The van der Waals surface area contributed by atoms with E-state index >= 15 is 0 Å². The summed E-state index contributed by atoms with van der Waals surface area (Å²) in [6, 6.07) is 17.7. The molecule has 0 radical (unpaired) electrons. The molecular weight excluding hydrogens is 344 g/mol. The Labute approximate surface area is 149 Å². The molecule has 0 saturated heterocycles. The lowest BCUT2D eigenvalue weighted by atomic mass is 10.3. The van der Waals surface area contributed by atoms with Crippen LogP contribution >= 0.6 is 0 Å². The second-order valence-corrected chi connectivity index (χ2v) is 4.08. The van der Waals surface area contributed by atoms with Gasteiger partial charge in [-0.05, 0) is 24.3 Å². The molecule has 6 nitrogen and oxygen atoms in total. The van der Waals surface area contributed by atoms with Gasteiger partial charge in [-0.3, -0.25) is 0 Å². The molecule has 0 spiro atoms. The predicted octanol–water partition coefficient (Wildman–Crippen LogP) is 2.89. The van der Waals surface area contributed by atoms with Crippen molar-refractivity contribution in [1.82, 2.24) is 0 Å². The van der Waals surface area contributed by atoms with Crippen LogP contribution in [-0.2, 0) is 21.2 Å². The van der Waals surface area contributed by atoms with Gasteiger partial charge in [0.05, 0.1) is 0 Å². The van der Waals surface area contributed by atoms with Crippen LogP contribution in [0.5, 0.6) is 11.5 Å². The Morgan fingerprint density at radius 2 is 1.00 bits per heavy atom. The number of hydrogen-bond acceptors (Lipinski definition) is 6. The number of carbonyl (C=O) groups excluding carboxylic acids is 2. The molecule has 0 aliphatic heterocycles. The molecule has 0 bridgehead atoms. The summed E-state index contributed by atoms with van der Waals surface area (Å²) in [5.41, 5.74) is 0. The van der Waals surface area contributed by atoms with Crippen LogP contribution in [0.15, 0.2) is 86.0 Å². The number of para-hydroxylation sites is 2. The van der Waals surface area contributed by atoms with E-state index in [1.54, 1.807) is 48.5 Å². The van der Waals surface area contributed by atoms with Crippen molar-refractivity contribution < 1.29 is 27.5 Å². The summed E-state index contributed by atoms with van der Waals surface area (Å²) in [6.07, 6.45) is 2.26. The first kappa shape index (κ1) is 21.7. The van der Waals surface area contributed by atoms with E-state index < -0.39 is 23.5 Å². The number of esters is 2. The van der Waals surface area contributed by atoms with Gasteiger partial charge in [-0.15, -0.1) is 0 Å². The van der Waals surface area contributed by atoms with Gasteiger partial charge < -0.3 is 9.47 Å². The van der Waals surface area contributed by atoms with Crippen LogP contribution in [0.25, 0.3) is 0 Å². The Balaban J connectivity index is 0.000000399. The lowest BCUT2D eigenvalue weighted by Crippen LogP contribution is -2.02. The molecule has 130 valence electrons. The summed E-state index contributed by atoms with van der Waals surface area (Å²) in [7, 11) is 0. The van der Waals surface area contributed by atoms with E-state index in [-0.39, 0.29) is 0 Å². The number of rotatable bonds is 4. The zero-order chi connectivity index (χ0) is 18.9. The maximum atomic E-state index is 10.6. The molecule has 0 heterocycles. The Hall–Kier alpha value is -3.32. The van der Waals surface area contributed by atoms with Crippen LogP contribution in [-0.4, -0.2) is 20.4 Å². The van der Waals surface area contributed by atoms with Crippen molar-refractivity contribution in [3.8, 4) is 11.5 Å². The highest BCUT2D eigenvalue weighted by atomic mass is 32.1. The van der Waals surface area contributed by atoms with E-state index in [4.69, 9.17) is 17.9 Å². The first-order valence-electron chi connectivity index (χ1n) is 6.77. The highest BCUT2D eigenvalue weighted by molar-refractivity contribution is 7.51. The second kappa shape index (κ2) is 14.3. The Kier molecular flexibility index (Phi) is 12.4. The zero-order valence-electron chi connectivity index (χ0n) is 13.2. The van der Waals surface area contributed by atoms with Gasteiger partial charge in [0.1, 0.15) is 11.5 Å². The largest absolute Gasteiger partial charge is 0.423 e. The first-order valence-corrected chi connectivity index (χ1v) is 7.44. The van der Waals surface area contributed by atoms with Gasteiger partial charge in [0, 0.05) is 12.2 Å². The molecule has 0 amide bonds. The normalized spacial score (nSPS) is 8.16. The molecule has 7 heteroatoms. The van der Waals surface area contributed by atoms with Crippen LogP contribution < -0.4 is 9.47 Å². The van der Waals surface area contributed by atoms with Gasteiger partial charge in [0.2, 0.25) is 0 Å². The second-order valence-electron chi connectivity index (χ2n) is 3.94. The summed E-state index contributed by atoms with van der Waals surface area (Å²) < 4.78 is 26.2. The molecule has 0 fully saturated rings. The summed E-state index contributed by atoms with van der Waals surface area (Å²) in [4.78, 5) is 21.3. The Bertz CT molecular complexity index is 649. The molecule has 2 rings (SSSR count). The fraction of sp³-hybridized carbons (Fsp3) is 0. The number of hydrogen-bond donors (Lipinski definition) is 0. The van der Waals surface area contributed by atoms with Crippen molar-refractivity contribution in [2.24, 2.45) is 0 Å². The van der Waals surface area contributed by atoms with Crippen molar-refractivity contribution in [1.29, 1.82) is 0 Å². The van der Waals surface area contributed by atoms with E-state index in [0.717, 1.165) is 12.2 Å². The van der Waals surface area contributed by atoms with Gasteiger partial charge >= 0.3 is 23.5 Å². The van der Waals surface area contributed by atoms with Gasteiger partial charge in [0.15, 0.2) is 0 Å². The number of benzene rings is 2. The molecule has 0 saturated carbocycles. The van der Waals surface area contributed by atoms with Crippen molar-refractivity contribution in [2.45, 2.75) is 0 Å². The van der Waals surface area contributed by atoms with Crippen molar-refractivity contribution in [3.63, 3.8) is 0 Å². The number of carbonyl (C=O) groups is 2. The molecule has 0 N–H and O–H groups in total. The van der Waals surface area contributed by atoms with Gasteiger partial charge in [-0.25, -0.2) is 9.59 Å². The summed E-state index contributed by atoms with van der Waals surface area (Å²) in [5, 5.41) is 0. The van der Waals surface area contributed by atoms with Gasteiger partial charge in [-0.1, -0.05) is 49.6 Å². The summed E-state index contributed by atoms with van der Waals surface area (Å²) in [5.74, 6) is 0.210. The van der Waals surface area contributed by atoms with E-state index in [1.807, 2.05) is 12.1 Å². The fourth-order valence-corrected chi connectivity index (χ4v) is 1.29. The molecule has 0 aliphatic carbocycles. The Morgan fingerprint density at radius 1 is 0.720 bits per heavy atom. The SMILES string of the molecule is C=CC(=O)Oc1ccccc1.C=CC(=O)Oc1ccccc1.O=S=O. The maximum Gasteiger partial charge on any atom is 0.335 e. The van der Waals surface area contributed by atoms with E-state index in [2.05, 4.69) is 13.2 Å². The lowest BCUT2D eigenvalue weighted by molar-refractivity contribution is -0.129. The zero-order valence-corrected chi connectivity index (χ0v) is 14.0. The highest BCUT2D eigenvalue weighted by Gasteiger charge is 1.96. The van der Waals surface area contributed by atoms with E-state index in [0.29, 0.717) is 11.5 Å². The molecule has 2 aromatic carbocycles. The first-order chi connectivity index (χ1) is 12.1. The molecule has 0 atom stereocenters. The minimum atomic E-state index is -0.750. The van der Waals surface area contributed by atoms with Gasteiger partial charge in [0.25, 0.3) is 0 Å². The molecule has 0 aliphatic rings. The van der Waals surface area contributed by atoms with Crippen LogP contribution in [0.2, 0.25) is 0 Å². The highest BCUT2D eigenvalue weighted by Crippen LogP contribution is 2.08. The van der Waals surface area contributed by atoms with Crippen molar-refractivity contribution in [2.75, 3.05) is 0 Å². The predicted molar refractivity (Wildman–Crippen MR) is 93.5 cm³/mol. The summed E-state index contributed by atoms with van der Waals surface area (Å²) >= 11 is -0.750. The molecule has 2 aromatic rings. The van der Waals surface area contributed by atoms with E-state index in [1.165, 1.54) is 0 Å². The minimum absolute atomic E-state index is 0.434. The number of ether oxygens (including phenoxy) is 2. The molecular formula is C18H16O6S. The molecule has 0 unspecified atom stereocenters. The van der Waals surface area contributed by atoms with Crippen LogP contribution in [0.4, 0.5) is 0 Å². The van der Waals surface area contributed by atoms with Crippen LogP contribution in [0.1, 0.15) is 0 Å². The van der Waals surface area contributed by atoms with Crippen molar-refractivity contribution in [3.05, 3.63) is 86.0 Å². The quantitative estimate of drug-likeness (QED) is 0.473. The van der Waals surface area contributed by atoms with Crippen LogP contribution in [0.3, 0.4) is 0 Å². The molecule has 25 heavy (non-hydrogen) atoms. The van der Waals surface area contributed by atoms with E-state index in [9.17, 15) is 9.59 Å². The van der Waals surface area contributed by atoms with Gasteiger partial charge in [-0.2, -0.15) is 8.42 Å². The molecule has 0 aromatic heterocycles. The average molecular weight is 360 g/mol. The standard InChI is InChI=1S/2C9H8O2.O2S/c2*1-2-9(10)11-8-6-4-3-5-7-8;1-3-2/h2*2-7H,1H2;. The summed E-state index contributed by atoms with van der Waals surface area (Å²) in [6.45, 7) is 6.56. The smallest absolute Gasteiger partial charge is 0.335 e. The monoisotopic (exact) mass is 360 g/mol.